The fourth-order valence-electron chi connectivity index (χ4n) is 0.384. The normalized spacial score (nSPS) is 16.1. The van der Waals surface area contributed by atoms with Crippen LogP contribution in [0.3, 0.4) is 0 Å². The number of halogens is 1. The lowest BCUT2D eigenvalue weighted by molar-refractivity contribution is 1.56. The molecule has 0 aromatic rings. The second-order valence-corrected chi connectivity index (χ2v) is 3.75. The highest BCUT2D eigenvalue weighted by molar-refractivity contribution is 14.2. The van der Waals surface area contributed by atoms with E-state index in [9.17, 15) is 0 Å². The highest BCUT2D eigenvalue weighted by Gasteiger charge is 1.86. The molecule has 0 spiro atoms. The summed E-state index contributed by atoms with van der Waals surface area (Å²) in [6, 6.07) is 2.13. The molecule has 0 radical (unpaired) electrons. The molecule has 1 nitrogen and oxygen atoms in total. The van der Waals surface area contributed by atoms with E-state index in [2.05, 4.69) is 10.2 Å². The van der Waals surface area contributed by atoms with Gasteiger partial charge in [-0.3, -0.25) is 0 Å². The van der Waals surface area contributed by atoms with Crippen LogP contribution in [0.15, 0.2) is 22.3 Å². The minimum absolute atomic E-state index is 0.0631. The first-order valence-corrected chi connectivity index (χ1v) is 4.49. The first-order chi connectivity index (χ1) is 3.93. The van der Waals surface area contributed by atoms with Crippen LogP contribution in [0, 0.1) is 11.3 Å². The first kappa shape index (κ1) is 5.70. The predicted molar refractivity (Wildman–Crippen MR) is 42.9 cm³/mol. The predicted octanol–water partition coefficient (Wildman–Crippen LogP) is 1.74. The van der Waals surface area contributed by atoms with Gasteiger partial charge in [0, 0.05) is 0 Å². The number of nitrogens with zero attached hydrogens (tertiary/aromatic N) is 1. The van der Waals surface area contributed by atoms with E-state index in [0.717, 1.165) is 3.51 Å². The zero-order valence-electron chi connectivity index (χ0n) is 4.13. The third-order valence-electron chi connectivity index (χ3n) is 0.714. The van der Waals surface area contributed by atoms with Gasteiger partial charge < -0.3 is 0 Å². The Labute approximate surface area is 58.1 Å². The summed E-state index contributed by atoms with van der Waals surface area (Å²) in [6.45, 7) is 0. The van der Waals surface area contributed by atoms with Crippen LogP contribution in [-0.4, -0.2) is 3.51 Å². The minimum atomic E-state index is -0.0631. The Hall–Kier alpha value is -0.430. The zero-order valence-corrected chi connectivity index (χ0v) is 6.29. The molecule has 1 aliphatic heterocycles. The summed E-state index contributed by atoms with van der Waals surface area (Å²) in [5.74, 6) is 0. The summed E-state index contributed by atoms with van der Waals surface area (Å²) >= 11 is -0.0631. The Balaban J connectivity index is 2.88. The Morgan fingerprint density at radius 3 is 2.75 bits per heavy atom. The number of nitriles is 1. The van der Waals surface area contributed by atoms with E-state index in [1.807, 2.05) is 18.2 Å². The van der Waals surface area contributed by atoms with Gasteiger partial charge in [-0.2, -0.15) is 5.26 Å². The largest absolute Gasteiger partial charge is 0.192 e. The second kappa shape index (κ2) is 2.78. The van der Waals surface area contributed by atoms with Gasteiger partial charge >= 0.3 is 0 Å². The summed E-state index contributed by atoms with van der Waals surface area (Å²) in [5, 5.41) is 8.35. The molecule has 0 aromatic heterocycles. The summed E-state index contributed by atoms with van der Waals surface area (Å²) in [7, 11) is 0. The standard InChI is InChI=1S/C6H4IN/c8-5-6-3-1-2-4-7-6/h1-4H. The molecule has 0 aromatic carbocycles. The van der Waals surface area contributed by atoms with E-state index in [-0.39, 0.29) is 20.7 Å². The van der Waals surface area contributed by atoms with Crippen LogP contribution in [0.5, 0.6) is 0 Å². The van der Waals surface area contributed by atoms with Crippen LogP contribution in [-0.2, 0) is 0 Å². The van der Waals surface area contributed by atoms with Crippen LogP contribution >= 0.6 is 20.7 Å². The number of hydrogen-bond donors (Lipinski definition) is 0. The van der Waals surface area contributed by atoms with Crippen LogP contribution < -0.4 is 0 Å². The molecule has 0 unspecified atom stereocenters. The quantitative estimate of drug-likeness (QED) is 0.567. The second-order valence-electron chi connectivity index (χ2n) is 1.25. The summed E-state index contributed by atoms with van der Waals surface area (Å²) in [6.07, 6.45) is 5.78. The lowest BCUT2D eigenvalue weighted by Crippen LogP contribution is -1.81. The van der Waals surface area contributed by atoms with E-state index in [0.29, 0.717) is 0 Å². The van der Waals surface area contributed by atoms with Gasteiger partial charge in [0.1, 0.15) is 6.07 Å². The van der Waals surface area contributed by atoms with E-state index in [1.54, 1.807) is 0 Å². The SMILES string of the molecule is N#CC1=IC=CC=C1. The molecule has 2 heteroatoms. The molecular formula is C6H4IN. The van der Waals surface area contributed by atoms with Crippen LogP contribution in [0.2, 0.25) is 0 Å². The zero-order chi connectivity index (χ0) is 5.82. The Kier molecular flexibility index (Phi) is 1.98. The maximum atomic E-state index is 8.35. The van der Waals surface area contributed by atoms with Crippen molar-refractivity contribution in [3.8, 4) is 6.07 Å². The molecule has 40 valence electrons. The van der Waals surface area contributed by atoms with E-state index in [1.165, 1.54) is 0 Å². The highest BCUT2D eigenvalue weighted by atomic mass is 127. The average Bonchev–Trinajstić information content (AvgIpc) is 1.90. The highest BCUT2D eigenvalue weighted by Crippen LogP contribution is 2.07. The van der Waals surface area contributed by atoms with E-state index in [4.69, 9.17) is 5.26 Å². The van der Waals surface area contributed by atoms with Crippen molar-refractivity contribution in [3.63, 3.8) is 0 Å². The molecule has 0 bridgehead atoms. The topological polar surface area (TPSA) is 23.8 Å². The van der Waals surface area contributed by atoms with Crippen molar-refractivity contribution in [1.82, 2.24) is 0 Å². The Morgan fingerprint density at radius 1 is 1.50 bits per heavy atom. The maximum absolute atomic E-state index is 8.35. The molecular weight excluding hydrogens is 213 g/mol. The van der Waals surface area contributed by atoms with Crippen molar-refractivity contribution in [2.24, 2.45) is 0 Å². The Bertz CT molecular complexity index is 205. The molecule has 0 saturated carbocycles. The molecule has 1 rings (SSSR count). The first-order valence-electron chi connectivity index (χ1n) is 2.17. The van der Waals surface area contributed by atoms with Crippen LogP contribution in [0.1, 0.15) is 0 Å². The van der Waals surface area contributed by atoms with E-state index < -0.39 is 0 Å². The lowest BCUT2D eigenvalue weighted by atomic mass is 10.4. The van der Waals surface area contributed by atoms with Gasteiger partial charge in [0.2, 0.25) is 0 Å². The fraction of sp³-hybridized carbons (Fsp3) is 0. The minimum Gasteiger partial charge on any atom is -0.192 e. The molecule has 0 N–H and O–H groups in total. The third-order valence-corrected chi connectivity index (χ3v) is 2.76. The average molecular weight is 217 g/mol. The van der Waals surface area contributed by atoms with Crippen molar-refractivity contribution in [2.75, 3.05) is 0 Å². The maximum Gasteiger partial charge on any atom is 0.105 e. The number of allylic oxidation sites excluding steroid dienone is 3. The molecule has 0 amide bonds. The van der Waals surface area contributed by atoms with Gasteiger partial charge in [-0.25, -0.2) is 0 Å². The van der Waals surface area contributed by atoms with Crippen molar-refractivity contribution < 1.29 is 0 Å². The third kappa shape index (κ3) is 1.27. The van der Waals surface area contributed by atoms with Crippen molar-refractivity contribution >= 4 is 24.2 Å². The van der Waals surface area contributed by atoms with Gasteiger partial charge in [-0.1, -0.05) is 32.9 Å². The van der Waals surface area contributed by atoms with Gasteiger partial charge in [-0.05, 0) is 10.2 Å². The van der Waals surface area contributed by atoms with Gasteiger partial charge in [0.05, 0.1) is 3.51 Å². The summed E-state index contributed by atoms with van der Waals surface area (Å²) in [4.78, 5) is 0. The van der Waals surface area contributed by atoms with E-state index >= 15 is 0 Å². The molecule has 1 aliphatic rings. The van der Waals surface area contributed by atoms with Gasteiger partial charge in [-0.15, -0.1) is 0 Å². The Morgan fingerprint density at radius 2 is 2.38 bits per heavy atom. The molecule has 0 saturated heterocycles. The summed E-state index contributed by atoms with van der Waals surface area (Å²) in [5.41, 5.74) is 0. The molecule has 1 heterocycles. The number of hydrogen-bond acceptors (Lipinski definition) is 1. The molecule has 0 aliphatic carbocycles. The molecule has 8 heavy (non-hydrogen) atoms. The van der Waals surface area contributed by atoms with Crippen molar-refractivity contribution in [2.45, 2.75) is 0 Å². The molecule has 0 atom stereocenters. The number of rotatable bonds is 0. The van der Waals surface area contributed by atoms with Gasteiger partial charge in [0.25, 0.3) is 0 Å². The molecule has 0 fully saturated rings. The summed E-state index contributed by atoms with van der Waals surface area (Å²) < 4.78 is 3.03. The van der Waals surface area contributed by atoms with Crippen molar-refractivity contribution in [3.05, 3.63) is 22.3 Å². The van der Waals surface area contributed by atoms with Crippen molar-refractivity contribution in [1.29, 1.82) is 5.26 Å². The fourth-order valence-corrected chi connectivity index (χ4v) is 1.77. The van der Waals surface area contributed by atoms with Gasteiger partial charge in [0.15, 0.2) is 0 Å². The van der Waals surface area contributed by atoms with Crippen LogP contribution in [0.4, 0.5) is 0 Å². The van der Waals surface area contributed by atoms with Crippen LogP contribution in [0.25, 0.3) is 0 Å². The lowest BCUT2D eigenvalue weighted by Gasteiger charge is -1.85. The smallest absolute Gasteiger partial charge is 0.105 e. The monoisotopic (exact) mass is 217 g/mol.